The molecule has 6 rings (SSSR count). The number of hydrogen-bond donors (Lipinski definition) is 3. The molecule has 210 valence electrons. The maximum Gasteiger partial charge on any atom is 0.258 e. The lowest BCUT2D eigenvalue weighted by atomic mass is 9.93. The maximum atomic E-state index is 13.6. The normalized spacial score (nSPS) is 22.8. The standard InChI is InChI=1S/C29H39N5O4S/c1-27(36)12-16-34(17-13-27)25-5-3-4-24(30-25)31-26(35)22-7-6-21(32-39(37,38)28(2)8-9-28)20-23(22)33-18-14-29(10-11-29)15-19-33/h3-7,20,32,36H,8-19H2,1-2H3,(H,30,31,35). The van der Waals surface area contributed by atoms with Crippen LogP contribution in [0.1, 0.15) is 75.6 Å². The number of benzene rings is 1. The van der Waals surface area contributed by atoms with Crippen LogP contribution in [-0.4, -0.2) is 60.9 Å². The molecule has 10 heteroatoms. The Kier molecular flexibility index (Phi) is 6.34. The number of anilines is 4. The number of pyridine rings is 1. The molecule has 9 nitrogen and oxygen atoms in total. The van der Waals surface area contributed by atoms with Crippen molar-refractivity contribution in [2.45, 2.75) is 75.6 Å². The van der Waals surface area contributed by atoms with E-state index >= 15 is 0 Å². The van der Waals surface area contributed by atoms with Crippen molar-refractivity contribution in [3.63, 3.8) is 0 Å². The zero-order valence-corrected chi connectivity index (χ0v) is 23.7. The zero-order valence-electron chi connectivity index (χ0n) is 22.9. The first kappa shape index (κ1) is 26.4. The second-order valence-electron chi connectivity index (χ2n) is 12.6. The highest BCUT2D eigenvalue weighted by Crippen LogP contribution is 2.54. The summed E-state index contributed by atoms with van der Waals surface area (Å²) in [5.74, 6) is 0.960. The summed E-state index contributed by atoms with van der Waals surface area (Å²) >= 11 is 0. The van der Waals surface area contributed by atoms with Gasteiger partial charge in [0, 0.05) is 26.2 Å². The Morgan fingerprint density at radius 3 is 2.21 bits per heavy atom. The SMILES string of the molecule is CC1(O)CCN(c2cccc(NC(=O)c3ccc(NS(=O)(=O)C4(C)CC4)cc3N3CCC4(CC3)CC4)n2)CC1. The Morgan fingerprint density at radius 2 is 1.56 bits per heavy atom. The number of nitrogens with one attached hydrogen (secondary N) is 2. The Bertz CT molecular complexity index is 1360. The number of sulfonamides is 1. The van der Waals surface area contributed by atoms with Crippen molar-refractivity contribution >= 4 is 38.9 Å². The fourth-order valence-electron chi connectivity index (χ4n) is 5.74. The number of piperidine rings is 2. The Labute approximate surface area is 231 Å². The summed E-state index contributed by atoms with van der Waals surface area (Å²) in [6.07, 6.45) is 7.40. The molecule has 3 N–H and O–H groups in total. The van der Waals surface area contributed by atoms with E-state index in [1.807, 2.05) is 25.1 Å². The van der Waals surface area contributed by atoms with E-state index in [0.29, 0.717) is 61.3 Å². The van der Waals surface area contributed by atoms with Gasteiger partial charge in [-0.1, -0.05) is 6.07 Å². The van der Waals surface area contributed by atoms with Crippen LogP contribution in [0.15, 0.2) is 36.4 Å². The first-order chi connectivity index (χ1) is 18.5. The van der Waals surface area contributed by atoms with Crippen LogP contribution in [0.2, 0.25) is 0 Å². The van der Waals surface area contributed by atoms with Crippen LogP contribution in [0.3, 0.4) is 0 Å². The number of carbonyl (C=O) groups excluding carboxylic acids is 1. The molecule has 2 saturated heterocycles. The largest absolute Gasteiger partial charge is 0.390 e. The number of carbonyl (C=O) groups is 1. The van der Waals surface area contributed by atoms with Gasteiger partial charge in [0.1, 0.15) is 11.6 Å². The minimum atomic E-state index is -3.50. The van der Waals surface area contributed by atoms with Gasteiger partial charge < -0.3 is 20.2 Å². The average molecular weight is 554 g/mol. The summed E-state index contributed by atoms with van der Waals surface area (Å²) in [6, 6.07) is 10.8. The van der Waals surface area contributed by atoms with Gasteiger partial charge >= 0.3 is 0 Å². The second-order valence-corrected chi connectivity index (χ2v) is 14.8. The Morgan fingerprint density at radius 1 is 0.897 bits per heavy atom. The van der Waals surface area contributed by atoms with E-state index in [9.17, 15) is 18.3 Å². The molecule has 4 fully saturated rings. The van der Waals surface area contributed by atoms with Crippen LogP contribution in [0.5, 0.6) is 0 Å². The third-order valence-electron chi connectivity index (χ3n) is 9.36. The van der Waals surface area contributed by atoms with Gasteiger partial charge in [0.2, 0.25) is 10.0 Å². The van der Waals surface area contributed by atoms with E-state index in [4.69, 9.17) is 0 Å². The van der Waals surface area contributed by atoms with Crippen molar-refractivity contribution in [2.75, 3.05) is 46.0 Å². The number of rotatable bonds is 7. The number of nitrogens with zero attached hydrogens (tertiary/aromatic N) is 3. The summed E-state index contributed by atoms with van der Waals surface area (Å²) in [6.45, 7) is 6.73. The van der Waals surface area contributed by atoms with Gasteiger partial charge in [-0.05, 0) is 101 Å². The topological polar surface area (TPSA) is 115 Å². The lowest BCUT2D eigenvalue weighted by Crippen LogP contribution is -2.42. The molecule has 2 aliphatic carbocycles. The minimum absolute atomic E-state index is 0.272. The van der Waals surface area contributed by atoms with Crippen LogP contribution >= 0.6 is 0 Å². The molecule has 1 amide bonds. The number of aromatic nitrogens is 1. The number of aliphatic hydroxyl groups is 1. The van der Waals surface area contributed by atoms with Crippen LogP contribution in [0.4, 0.5) is 23.0 Å². The third kappa shape index (κ3) is 5.45. The fourth-order valence-corrected chi connectivity index (χ4v) is 7.06. The Hall–Kier alpha value is -2.85. The molecule has 1 spiro atoms. The summed E-state index contributed by atoms with van der Waals surface area (Å²) in [7, 11) is -3.50. The molecule has 0 radical (unpaired) electrons. The van der Waals surface area contributed by atoms with Crippen molar-refractivity contribution < 1.29 is 18.3 Å². The molecule has 39 heavy (non-hydrogen) atoms. The molecule has 3 heterocycles. The van der Waals surface area contributed by atoms with Gasteiger partial charge in [-0.2, -0.15) is 0 Å². The maximum absolute atomic E-state index is 13.6. The zero-order chi connectivity index (χ0) is 27.5. The molecule has 2 aliphatic heterocycles. The van der Waals surface area contributed by atoms with Crippen LogP contribution in [0.25, 0.3) is 0 Å². The van der Waals surface area contributed by atoms with E-state index in [-0.39, 0.29) is 5.91 Å². The van der Waals surface area contributed by atoms with Gasteiger partial charge in [-0.15, -0.1) is 0 Å². The van der Waals surface area contributed by atoms with Crippen molar-refractivity contribution in [3.8, 4) is 0 Å². The molecule has 2 aromatic rings. The minimum Gasteiger partial charge on any atom is -0.390 e. The molecule has 2 saturated carbocycles. The molecule has 0 atom stereocenters. The van der Waals surface area contributed by atoms with Gasteiger partial charge in [-0.25, -0.2) is 13.4 Å². The van der Waals surface area contributed by atoms with Crippen molar-refractivity contribution in [3.05, 3.63) is 42.0 Å². The molecule has 1 aromatic heterocycles. The Balaban J connectivity index is 1.23. The monoisotopic (exact) mass is 553 g/mol. The fraction of sp³-hybridized carbons (Fsp3) is 0.586. The molecule has 1 aromatic carbocycles. The molecule has 0 bridgehead atoms. The smallest absolute Gasteiger partial charge is 0.258 e. The first-order valence-corrected chi connectivity index (χ1v) is 15.6. The van der Waals surface area contributed by atoms with Gasteiger partial charge in [-0.3, -0.25) is 9.52 Å². The van der Waals surface area contributed by atoms with E-state index in [2.05, 4.69) is 24.8 Å². The van der Waals surface area contributed by atoms with E-state index in [1.54, 1.807) is 25.1 Å². The van der Waals surface area contributed by atoms with E-state index in [1.165, 1.54) is 12.8 Å². The highest BCUT2D eigenvalue weighted by molar-refractivity contribution is 7.94. The summed E-state index contributed by atoms with van der Waals surface area (Å²) < 4.78 is 27.8. The van der Waals surface area contributed by atoms with Crippen molar-refractivity contribution in [1.82, 2.24) is 4.98 Å². The predicted octanol–water partition coefficient (Wildman–Crippen LogP) is 4.36. The lowest BCUT2D eigenvalue weighted by molar-refractivity contribution is 0.0350. The van der Waals surface area contributed by atoms with E-state index < -0.39 is 20.4 Å². The summed E-state index contributed by atoms with van der Waals surface area (Å²) in [4.78, 5) is 22.6. The number of amides is 1. The summed E-state index contributed by atoms with van der Waals surface area (Å²) in [5, 5.41) is 13.3. The molecular formula is C29H39N5O4S. The molecule has 0 unspecified atom stereocenters. The number of hydrogen-bond acceptors (Lipinski definition) is 7. The third-order valence-corrected chi connectivity index (χ3v) is 11.6. The van der Waals surface area contributed by atoms with Crippen LogP contribution in [-0.2, 0) is 10.0 Å². The molecular weight excluding hydrogens is 514 g/mol. The van der Waals surface area contributed by atoms with Crippen LogP contribution in [0, 0.1) is 5.41 Å². The van der Waals surface area contributed by atoms with Crippen LogP contribution < -0.4 is 19.8 Å². The second kappa shape index (κ2) is 9.37. The molecule has 4 aliphatic rings. The summed E-state index contributed by atoms with van der Waals surface area (Å²) in [5.41, 5.74) is 1.57. The first-order valence-electron chi connectivity index (χ1n) is 14.1. The van der Waals surface area contributed by atoms with E-state index in [0.717, 1.165) is 37.4 Å². The van der Waals surface area contributed by atoms with Crippen molar-refractivity contribution in [2.24, 2.45) is 5.41 Å². The van der Waals surface area contributed by atoms with Gasteiger partial charge in [0.05, 0.1) is 27.3 Å². The highest BCUT2D eigenvalue weighted by Gasteiger charge is 2.50. The lowest BCUT2D eigenvalue weighted by Gasteiger charge is -2.36. The average Bonchev–Trinajstić information content (AvgIpc) is 3.83. The quantitative estimate of drug-likeness (QED) is 0.467. The van der Waals surface area contributed by atoms with Gasteiger partial charge in [0.25, 0.3) is 5.91 Å². The van der Waals surface area contributed by atoms with Crippen molar-refractivity contribution in [1.29, 1.82) is 0 Å². The highest BCUT2D eigenvalue weighted by atomic mass is 32.2. The van der Waals surface area contributed by atoms with Gasteiger partial charge in [0.15, 0.2) is 0 Å². The predicted molar refractivity (Wildman–Crippen MR) is 154 cm³/mol.